The lowest BCUT2D eigenvalue weighted by Gasteiger charge is -2.27. The molecular weight excluding hydrogens is 336 g/mol. The van der Waals surface area contributed by atoms with E-state index in [0.29, 0.717) is 6.54 Å². The van der Waals surface area contributed by atoms with Crippen LogP contribution in [0.2, 0.25) is 0 Å². The number of amides is 2. The molecule has 2 rings (SSSR count). The summed E-state index contributed by atoms with van der Waals surface area (Å²) in [4.78, 5) is 26.6. The summed E-state index contributed by atoms with van der Waals surface area (Å²) in [6.07, 6.45) is 0.806. The molecule has 6 nitrogen and oxygen atoms in total. The van der Waals surface area contributed by atoms with Gasteiger partial charge in [0.1, 0.15) is 6.54 Å². The van der Waals surface area contributed by atoms with Crippen LogP contribution in [-0.2, 0) is 11.3 Å². The van der Waals surface area contributed by atoms with Crippen LogP contribution in [0.1, 0.15) is 48.8 Å². The van der Waals surface area contributed by atoms with Crippen LogP contribution in [-0.4, -0.2) is 38.4 Å². The van der Waals surface area contributed by atoms with Crippen LogP contribution >= 0.6 is 11.5 Å². The van der Waals surface area contributed by atoms with E-state index in [4.69, 9.17) is 0 Å². The number of nitrogens with zero attached hydrogens (tertiary/aromatic N) is 3. The quantitative estimate of drug-likeness (QED) is 0.824. The van der Waals surface area contributed by atoms with E-state index in [2.05, 4.69) is 14.9 Å². The van der Waals surface area contributed by atoms with E-state index in [1.165, 1.54) is 4.90 Å². The molecule has 0 fully saturated rings. The minimum Gasteiger partial charge on any atom is -0.350 e. The molecule has 2 aromatic rings. The Balaban J connectivity index is 2.15. The van der Waals surface area contributed by atoms with Crippen LogP contribution in [0.5, 0.6) is 0 Å². The molecule has 0 saturated carbocycles. The molecule has 1 heterocycles. The molecule has 0 atom stereocenters. The summed E-state index contributed by atoms with van der Waals surface area (Å²) < 4.78 is 3.74. The van der Waals surface area contributed by atoms with Gasteiger partial charge in [0.05, 0.1) is 0 Å². The molecule has 7 heteroatoms. The van der Waals surface area contributed by atoms with Gasteiger partial charge in [-0.1, -0.05) is 41.2 Å². The minimum atomic E-state index is -0.308. The summed E-state index contributed by atoms with van der Waals surface area (Å²) >= 11 is 1.12. The van der Waals surface area contributed by atoms with Crippen molar-refractivity contribution in [3.05, 3.63) is 46.5 Å². The van der Waals surface area contributed by atoms with Crippen molar-refractivity contribution in [1.29, 1.82) is 0 Å². The molecule has 2 amide bonds. The monoisotopic (exact) mass is 360 g/mol. The second kappa shape index (κ2) is 8.20. The Labute approximate surface area is 152 Å². The Morgan fingerprint density at radius 1 is 1.24 bits per heavy atom. The summed E-state index contributed by atoms with van der Waals surface area (Å²) in [5.74, 6) is -0.478. The molecule has 1 aromatic heterocycles. The van der Waals surface area contributed by atoms with Crippen LogP contribution in [0.15, 0.2) is 29.6 Å². The van der Waals surface area contributed by atoms with Crippen molar-refractivity contribution in [2.45, 2.75) is 46.2 Å². The Kier molecular flexibility index (Phi) is 6.25. The molecule has 0 saturated heterocycles. The molecule has 1 N–H and O–H groups in total. The van der Waals surface area contributed by atoms with Crippen molar-refractivity contribution in [3.8, 4) is 0 Å². The van der Waals surface area contributed by atoms with E-state index in [1.807, 2.05) is 52.0 Å². The third kappa shape index (κ3) is 5.63. The van der Waals surface area contributed by atoms with Crippen LogP contribution in [0.3, 0.4) is 0 Å². The Bertz CT molecular complexity index is 711. The fraction of sp³-hybridized carbons (Fsp3) is 0.444. The first-order chi connectivity index (χ1) is 11.8. The normalized spacial score (nSPS) is 11.2. The highest BCUT2D eigenvalue weighted by Crippen LogP contribution is 2.12. The van der Waals surface area contributed by atoms with Gasteiger partial charge in [0.25, 0.3) is 5.91 Å². The van der Waals surface area contributed by atoms with Crippen molar-refractivity contribution in [2.24, 2.45) is 0 Å². The Hall–Kier alpha value is -2.28. The third-order valence-electron chi connectivity index (χ3n) is 4.06. The maximum absolute atomic E-state index is 12.7. The highest BCUT2D eigenvalue weighted by molar-refractivity contribution is 7.03. The van der Waals surface area contributed by atoms with E-state index in [0.717, 1.165) is 29.1 Å². The molecule has 0 aliphatic heterocycles. The van der Waals surface area contributed by atoms with Crippen molar-refractivity contribution in [1.82, 2.24) is 19.8 Å². The second-order valence-electron chi connectivity index (χ2n) is 6.72. The summed E-state index contributed by atoms with van der Waals surface area (Å²) in [5, 5.41) is 8.40. The number of rotatable bonds is 7. The lowest BCUT2D eigenvalue weighted by Crippen LogP contribution is -2.48. The fourth-order valence-electron chi connectivity index (χ4n) is 2.21. The number of carbonyl (C=O) groups is 2. The number of aryl methyl sites for hydroxylation is 1. The molecule has 0 spiro atoms. The third-order valence-corrected chi connectivity index (χ3v) is 4.56. The lowest BCUT2D eigenvalue weighted by atomic mass is 10.0. The fourth-order valence-corrected chi connectivity index (χ4v) is 2.64. The smallest absolute Gasteiger partial charge is 0.276 e. The van der Waals surface area contributed by atoms with E-state index in [-0.39, 0.29) is 29.6 Å². The van der Waals surface area contributed by atoms with E-state index >= 15 is 0 Å². The molecule has 25 heavy (non-hydrogen) atoms. The molecule has 0 unspecified atom stereocenters. The molecular formula is C18H24N4O2S. The number of hydrogen-bond donors (Lipinski definition) is 1. The zero-order valence-electron chi connectivity index (χ0n) is 15.1. The SMILES string of the molecule is CCC(C)(C)NC(=O)CN(Cc1ccc(C)cc1)C(=O)c1csnn1. The van der Waals surface area contributed by atoms with E-state index in [1.54, 1.807) is 5.38 Å². The van der Waals surface area contributed by atoms with Gasteiger partial charge >= 0.3 is 0 Å². The summed E-state index contributed by atoms with van der Waals surface area (Å²) in [6, 6.07) is 7.90. The van der Waals surface area contributed by atoms with Crippen molar-refractivity contribution in [2.75, 3.05) is 6.54 Å². The topological polar surface area (TPSA) is 75.2 Å². The highest BCUT2D eigenvalue weighted by atomic mass is 32.1. The van der Waals surface area contributed by atoms with E-state index in [9.17, 15) is 9.59 Å². The molecule has 0 bridgehead atoms. The number of nitrogens with one attached hydrogen (secondary N) is 1. The van der Waals surface area contributed by atoms with Gasteiger partial charge < -0.3 is 10.2 Å². The average molecular weight is 360 g/mol. The Morgan fingerprint density at radius 3 is 2.48 bits per heavy atom. The maximum atomic E-state index is 12.7. The molecule has 0 aliphatic carbocycles. The van der Waals surface area contributed by atoms with Gasteiger partial charge in [-0.15, -0.1) is 5.10 Å². The maximum Gasteiger partial charge on any atom is 0.276 e. The summed E-state index contributed by atoms with van der Waals surface area (Å²) in [5.41, 5.74) is 2.06. The van der Waals surface area contributed by atoms with Crippen LogP contribution in [0.25, 0.3) is 0 Å². The first-order valence-electron chi connectivity index (χ1n) is 8.23. The van der Waals surface area contributed by atoms with Gasteiger partial charge in [0, 0.05) is 17.5 Å². The average Bonchev–Trinajstić information content (AvgIpc) is 3.09. The van der Waals surface area contributed by atoms with Crippen LogP contribution < -0.4 is 5.32 Å². The number of hydrogen-bond acceptors (Lipinski definition) is 5. The predicted octanol–water partition coefficient (Wildman–Crippen LogP) is 2.79. The summed E-state index contributed by atoms with van der Waals surface area (Å²) in [6.45, 7) is 8.26. The highest BCUT2D eigenvalue weighted by Gasteiger charge is 2.24. The van der Waals surface area contributed by atoms with Crippen molar-refractivity contribution < 1.29 is 9.59 Å². The molecule has 134 valence electrons. The standard InChI is InChI=1S/C18H24N4O2S/c1-5-18(3,4)19-16(23)11-22(17(24)15-12-25-21-20-15)10-14-8-6-13(2)7-9-14/h6-9,12H,5,10-11H2,1-4H3,(H,19,23). The number of aromatic nitrogens is 2. The van der Waals surface area contributed by atoms with Gasteiger partial charge in [-0.2, -0.15) is 0 Å². The van der Waals surface area contributed by atoms with Gasteiger partial charge in [-0.3, -0.25) is 9.59 Å². The Morgan fingerprint density at radius 2 is 1.92 bits per heavy atom. The second-order valence-corrected chi connectivity index (χ2v) is 7.33. The van der Waals surface area contributed by atoms with Crippen molar-refractivity contribution in [3.63, 3.8) is 0 Å². The molecule has 1 aromatic carbocycles. The van der Waals surface area contributed by atoms with E-state index < -0.39 is 0 Å². The predicted molar refractivity (Wildman–Crippen MR) is 98.3 cm³/mol. The van der Waals surface area contributed by atoms with Crippen molar-refractivity contribution >= 4 is 23.3 Å². The van der Waals surface area contributed by atoms with Crippen LogP contribution in [0.4, 0.5) is 0 Å². The van der Waals surface area contributed by atoms with Gasteiger partial charge in [0.15, 0.2) is 5.69 Å². The van der Waals surface area contributed by atoms with Gasteiger partial charge in [-0.25, -0.2) is 0 Å². The first kappa shape index (κ1) is 19.1. The van der Waals surface area contributed by atoms with Crippen LogP contribution in [0, 0.1) is 6.92 Å². The number of benzene rings is 1. The molecule has 0 aliphatic rings. The van der Waals surface area contributed by atoms with Gasteiger partial charge in [-0.05, 0) is 44.3 Å². The first-order valence-corrected chi connectivity index (χ1v) is 9.07. The largest absolute Gasteiger partial charge is 0.350 e. The summed E-state index contributed by atoms with van der Waals surface area (Å²) in [7, 11) is 0. The minimum absolute atomic E-state index is 0.0202. The zero-order valence-corrected chi connectivity index (χ0v) is 15.9. The van der Waals surface area contributed by atoms with Gasteiger partial charge in [0.2, 0.25) is 5.91 Å². The zero-order chi connectivity index (χ0) is 18.4. The number of carbonyl (C=O) groups excluding carboxylic acids is 2. The molecule has 0 radical (unpaired) electrons. The lowest BCUT2D eigenvalue weighted by molar-refractivity contribution is -0.123.